The van der Waals surface area contributed by atoms with Gasteiger partial charge in [-0.25, -0.2) is 9.18 Å². The molecule has 0 unspecified atom stereocenters. The number of hydrogen-bond donors (Lipinski definition) is 2. The molecule has 2 aromatic heterocycles. The molecule has 1 aliphatic heterocycles. The summed E-state index contributed by atoms with van der Waals surface area (Å²) in [6.07, 6.45) is 5.00. The number of carbonyl (C=O) groups excluding carboxylic acids is 1. The van der Waals surface area contributed by atoms with Gasteiger partial charge in [0.1, 0.15) is 10.8 Å². The van der Waals surface area contributed by atoms with Crippen LogP contribution in [0.2, 0.25) is 0 Å². The van der Waals surface area contributed by atoms with Gasteiger partial charge in [0.15, 0.2) is 0 Å². The third-order valence-electron chi connectivity index (χ3n) is 4.72. The molecule has 0 atom stereocenters. The SMILES string of the molecule is CN1CCc2c(sc(-n3cccc3)c2CNC(=O)Nc2ccccc2F)C1. The Morgan fingerprint density at radius 2 is 2.00 bits per heavy atom. The number of urea groups is 1. The number of hydrogen-bond acceptors (Lipinski definition) is 3. The third kappa shape index (κ3) is 3.74. The van der Waals surface area contributed by atoms with E-state index in [1.165, 1.54) is 16.5 Å². The van der Waals surface area contributed by atoms with Gasteiger partial charge >= 0.3 is 6.03 Å². The summed E-state index contributed by atoms with van der Waals surface area (Å²) in [5.74, 6) is -0.448. The molecule has 0 fully saturated rings. The number of aromatic nitrogens is 1. The number of nitrogens with one attached hydrogen (secondary N) is 2. The maximum Gasteiger partial charge on any atom is 0.319 e. The summed E-state index contributed by atoms with van der Waals surface area (Å²) >= 11 is 1.77. The number of thiophene rings is 1. The summed E-state index contributed by atoms with van der Waals surface area (Å²) in [6, 6.07) is 9.73. The lowest BCUT2D eigenvalue weighted by Gasteiger charge is -2.22. The molecule has 7 heteroatoms. The number of nitrogens with zero attached hydrogens (tertiary/aromatic N) is 2. The number of fused-ring (bicyclic) bond motifs is 1. The number of halogens is 1. The number of carbonyl (C=O) groups is 1. The molecule has 1 aromatic carbocycles. The average molecular weight is 384 g/mol. The molecule has 0 aliphatic carbocycles. The number of amides is 2. The number of rotatable bonds is 4. The Labute approximate surface area is 161 Å². The van der Waals surface area contributed by atoms with Crippen molar-refractivity contribution in [1.82, 2.24) is 14.8 Å². The van der Waals surface area contributed by atoms with Crippen LogP contribution >= 0.6 is 11.3 Å². The average Bonchev–Trinajstić information content (AvgIpc) is 3.29. The summed E-state index contributed by atoms with van der Waals surface area (Å²) in [7, 11) is 2.12. The highest BCUT2D eigenvalue weighted by molar-refractivity contribution is 7.14. The molecule has 3 heterocycles. The lowest BCUT2D eigenvalue weighted by Crippen LogP contribution is -2.30. The smallest absolute Gasteiger partial charge is 0.319 e. The molecule has 5 nitrogen and oxygen atoms in total. The lowest BCUT2D eigenvalue weighted by molar-refractivity contribution is 0.251. The minimum atomic E-state index is -0.448. The number of anilines is 1. The van der Waals surface area contributed by atoms with Crippen molar-refractivity contribution >= 4 is 23.1 Å². The molecule has 0 saturated carbocycles. The van der Waals surface area contributed by atoms with Crippen LogP contribution in [-0.4, -0.2) is 29.1 Å². The first-order valence-electron chi connectivity index (χ1n) is 8.86. The van der Waals surface area contributed by atoms with Gasteiger partial charge in [0.25, 0.3) is 0 Å². The molecular weight excluding hydrogens is 363 g/mol. The van der Waals surface area contributed by atoms with Crippen molar-refractivity contribution in [2.75, 3.05) is 18.9 Å². The van der Waals surface area contributed by atoms with Crippen molar-refractivity contribution in [2.45, 2.75) is 19.5 Å². The zero-order valence-electron chi connectivity index (χ0n) is 15.0. The van der Waals surface area contributed by atoms with Crippen LogP contribution in [0.3, 0.4) is 0 Å². The summed E-state index contributed by atoms with van der Waals surface area (Å²) in [5.41, 5.74) is 2.64. The Morgan fingerprint density at radius 1 is 1.22 bits per heavy atom. The summed E-state index contributed by atoms with van der Waals surface area (Å²) in [4.78, 5) is 15.9. The fourth-order valence-electron chi connectivity index (χ4n) is 3.34. The van der Waals surface area contributed by atoms with Gasteiger partial charge in [-0.15, -0.1) is 11.3 Å². The Balaban J connectivity index is 1.54. The molecule has 2 N–H and O–H groups in total. The van der Waals surface area contributed by atoms with Crippen LogP contribution < -0.4 is 10.6 Å². The molecule has 0 saturated heterocycles. The van der Waals surface area contributed by atoms with Gasteiger partial charge in [-0.05, 0) is 43.3 Å². The Bertz CT molecular complexity index is 951. The van der Waals surface area contributed by atoms with E-state index in [0.29, 0.717) is 6.54 Å². The van der Waals surface area contributed by atoms with E-state index < -0.39 is 11.8 Å². The van der Waals surface area contributed by atoms with Crippen LogP contribution in [0.4, 0.5) is 14.9 Å². The van der Waals surface area contributed by atoms with Crippen LogP contribution in [0.1, 0.15) is 16.0 Å². The maximum atomic E-state index is 13.7. The predicted molar refractivity (Wildman–Crippen MR) is 106 cm³/mol. The molecule has 0 spiro atoms. The maximum absolute atomic E-state index is 13.7. The molecule has 1 aliphatic rings. The van der Waals surface area contributed by atoms with Gasteiger partial charge in [0.05, 0.1) is 5.69 Å². The first-order valence-corrected chi connectivity index (χ1v) is 9.68. The Morgan fingerprint density at radius 3 is 2.78 bits per heavy atom. The Kier molecular flexibility index (Phi) is 4.96. The normalized spacial score (nSPS) is 14.0. The molecule has 2 amide bonds. The molecule has 140 valence electrons. The second kappa shape index (κ2) is 7.54. The highest BCUT2D eigenvalue weighted by Crippen LogP contribution is 2.35. The number of para-hydroxylation sites is 1. The first-order chi connectivity index (χ1) is 13.1. The molecule has 27 heavy (non-hydrogen) atoms. The summed E-state index contributed by atoms with van der Waals surface area (Å²) < 4.78 is 15.8. The van der Waals surface area contributed by atoms with Gasteiger partial charge in [-0.2, -0.15) is 0 Å². The molecule has 3 aromatic rings. The number of benzene rings is 1. The van der Waals surface area contributed by atoms with Crippen molar-refractivity contribution in [3.8, 4) is 5.00 Å². The fourth-order valence-corrected chi connectivity index (χ4v) is 4.75. The zero-order valence-corrected chi connectivity index (χ0v) is 15.9. The van der Waals surface area contributed by atoms with Crippen molar-refractivity contribution in [3.63, 3.8) is 0 Å². The lowest BCUT2D eigenvalue weighted by atomic mass is 10.0. The van der Waals surface area contributed by atoms with Crippen molar-refractivity contribution in [1.29, 1.82) is 0 Å². The monoisotopic (exact) mass is 384 g/mol. The van der Waals surface area contributed by atoms with Gasteiger partial charge in [0, 0.05) is 42.5 Å². The molecule has 4 rings (SSSR count). The standard InChI is InChI=1S/C20H21FN4OS/c1-24-11-8-14-15(19(27-18(14)13-24)25-9-4-5-10-25)12-22-20(26)23-17-7-3-2-6-16(17)21/h2-7,9-10H,8,11-13H2,1H3,(H2,22,23,26). The van der Waals surface area contributed by atoms with E-state index >= 15 is 0 Å². The Hall–Kier alpha value is -2.64. The van der Waals surface area contributed by atoms with Gasteiger partial charge in [-0.3, -0.25) is 0 Å². The van der Waals surface area contributed by atoms with E-state index in [1.54, 1.807) is 29.5 Å². The van der Waals surface area contributed by atoms with E-state index in [4.69, 9.17) is 0 Å². The largest absolute Gasteiger partial charge is 0.334 e. The van der Waals surface area contributed by atoms with Gasteiger partial charge in [-0.1, -0.05) is 12.1 Å². The third-order valence-corrected chi connectivity index (χ3v) is 6.00. The highest BCUT2D eigenvalue weighted by atomic mass is 32.1. The van der Waals surface area contributed by atoms with Crippen molar-refractivity contribution in [2.24, 2.45) is 0 Å². The summed E-state index contributed by atoms with van der Waals surface area (Å²) in [6.45, 7) is 2.34. The minimum Gasteiger partial charge on any atom is -0.334 e. The highest BCUT2D eigenvalue weighted by Gasteiger charge is 2.23. The summed E-state index contributed by atoms with van der Waals surface area (Å²) in [5, 5.41) is 6.60. The van der Waals surface area contributed by atoms with Crippen LogP contribution in [0.5, 0.6) is 0 Å². The minimum absolute atomic E-state index is 0.176. The van der Waals surface area contributed by atoms with Gasteiger partial charge in [0.2, 0.25) is 0 Å². The van der Waals surface area contributed by atoms with Crippen LogP contribution in [-0.2, 0) is 19.5 Å². The van der Waals surface area contributed by atoms with Crippen LogP contribution in [0, 0.1) is 5.82 Å². The second-order valence-electron chi connectivity index (χ2n) is 6.65. The van der Waals surface area contributed by atoms with Crippen molar-refractivity contribution in [3.05, 3.63) is 70.6 Å². The van der Waals surface area contributed by atoms with E-state index in [2.05, 4.69) is 27.1 Å². The van der Waals surface area contributed by atoms with Crippen molar-refractivity contribution < 1.29 is 9.18 Å². The van der Waals surface area contributed by atoms with E-state index in [-0.39, 0.29) is 5.69 Å². The number of likely N-dealkylation sites (N-methyl/N-ethyl adjacent to an activating group) is 1. The topological polar surface area (TPSA) is 49.3 Å². The quantitative estimate of drug-likeness (QED) is 0.715. The van der Waals surface area contributed by atoms with Gasteiger partial charge < -0.3 is 20.1 Å². The first kappa shape index (κ1) is 17.8. The molecular formula is C20H21FN4OS. The van der Waals surface area contributed by atoms with E-state index in [0.717, 1.165) is 30.1 Å². The van der Waals surface area contributed by atoms with E-state index in [9.17, 15) is 9.18 Å². The van der Waals surface area contributed by atoms with Crippen LogP contribution in [0.25, 0.3) is 5.00 Å². The zero-order chi connectivity index (χ0) is 18.8. The second-order valence-corrected chi connectivity index (χ2v) is 7.74. The van der Waals surface area contributed by atoms with Crippen LogP contribution in [0.15, 0.2) is 48.8 Å². The molecule has 0 radical (unpaired) electrons. The predicted octanol–water partition coefficient (Wildman–Crippen LogP) is 3.99. The van der Waals surface area contributed by atoms with E-state index in [1.807, 2.05) is 24.5 Å². The molecule has 0 bridgehead atoms. The fraction of sp³-hybridized carbons (Fsp3) is 0.250.